The van der Waals surface area contributed by atoms with Crippen LogP contribution in [0.4, 0.5) is 0 Å². The largest absolute Gasteiger partial charge is 0.377 e. The molecule has 0 unspecified atom stereocenters. The van der Waals surface area contributed by atoms with Gasteiger partial charge >= 0.3 is 0 Å². The van der Waals surface area contributed by atoms with Crippen LogP contribution in [0.2, 0.25) is 0 Å². The molecule has 0 aliphatic carbocycles. The van der Waals surface area contributed by atoms with Crippen molar-refractivity contribution >= 4 is 5.96 Å². The molecule has 0 aromatic heterocycles. The van der Waals surface area contributed by atoms with Crippen LogP contribution in [0, 0.1) is 0 Å². The van der Waals surface area contributed by atoms with Crippen LogP contribution in [0.1, 0.15) is 51.2 Å². The number of nitrogens with zero attached hydrogens (tertiary/aromatic N) is 2. The molecule has 1 saturated heterocycles. The molecule has 2 N–H and O–H groups in total. The highest BCUT2D eigenvalue weighted by molar-refractivity contribution is 5.79. The van der Waals surface area contributed by atoms with Crippen LogP contribution in [0.25, 0.3) is 0 Å². The summed E-state index contributed by atoms with van der Waals surface area (Å²) in [5, 5.41) is 6.95. The minimum atomic E-state index is 0.130. The van der Waals surface area contributed by atoms with E-state index in [2.05, 4.69) is 58.6 Å². The molecule has 5 heteroatoms. The lowest BCUT2D eigenvalue weighted by Crippen LogP contribution is -2.54. The van der Waals surface area contributed by atoms with Crippen molar-refractivity contribution in [1.29, 1.82) is 0 Å². The molecule has 1 heterocycles. The fourth-order valence-electron chi connectivity index (χ4n) is 3.39. The maximum Gasteiger partial charge on any atom is 0.191 e. The van der Waals surface area contributed by atoms with Gasteiger partial charge in [-0.05, 0) is 57.8 Å². The molecule has 0 saturated carbocycles. The summed E-state index contributed by atoms with van der Waals surface area (Å²) in [5.74, 6) is 0.848. The zero-order chi connectivity index (χ0) is 18.8. The van der Waals surface area contributed by atoms with Gasteiger partial charge in [0.2, 0.25) is 0 Å². The minimum absolute atomic E-state index is 0.130. The Bertz CT molecular complexity index is 565. The van der Waals surface area contributed by atoms with Crippen LogP contribution >= 0.6 is 0 Å². The topological polar surface area (TPSA) is 48.9 Å². The fraction of sp³-hybridized carbons (Fsp3) is 0.667. The van der Waals surface area contributed by atoms with E-state index in [1.165, 1.54) is 43.5 Å². The molecule has 0 amide bonds. The van der Waals surface area contributed by atoms with E-state index >= 15 is 0 Å². The Morgan fingerprint density at radius 3 is 2.46 bits per heavy atom. The Balaban J connectivity index is 1.86. The first kappa shape index (κ1) is 20.7. The molecular weight excluding hydrogens is 324 g/mol. The number of hydrogen-bond donors (Lipinski definition) is 2. The summed E-state index contributed by atoms with van der Waals surface area (Å²) in [4.78, 5) is 6.98. The summed E-state index contributed by atoms with van der Waals surface area (Å²) in [6, 6.07) is 8.41. The van der Waals surface area contributed by atoms with Crippen molar-refractivity contribution in [2.45, 2.75) is 58.7 Å². The van der Waals surface area contributed by atoms with Gasteiger partial charge < -0.3 is 15.4 Å². The highest BCUT2D eigenvalue weighted by atomic mass is 16.5. The van der Waals surface area contributed by atoms with Crippen molar-refractivity contribution < 1.29 is 4.74 Å². The van der Waals surface area contributed by atoms with Crippen molar-refractivity contribution in [2.24, 2.45) is 4.99 Å². The molecule has 26 heavy (non-hydrogen) atoms. The van der Waals surface area contributed by atoms with Gasteiger partial charge in [0, 0.05) is 32.3 Å². The Morgan fingerprint density at radius 2 is 1.81 bits per heavy atom. The van der Waals surface area contributed by atoms with E-state index in [0.717, 1.165) is 25.7 Å². The van der Waals surface area contributed by atoms with Crippen LogP contribution in [-0.2, 0) is 17.9 Å². The van der Waals surface area contributed by atoms with Crippen molar-refractivity contribution in [3.8, 4) is 0 Å². The first-order valence-corrected chi connectivity index (χ1v) is 9.91. The maximum atomic E-state index is 5.57. The van der Waals surface area contributed by atoms with Crippen LogP contribution in [0.3, 0.4) is 0 Å². The Hall–Kier alpha value is -1.59. The van der Waals surface area contributed by atoms with E-state index < -0.39 is 0 Å². The number of rotatable bonds is 8. The van der Waals surface area contributed by atoms with E-state index in [9.17, 15) is 0 Å². The third-order valence-corrected chi connectivity index (χ3v) is 5.15. The highest BCUT2D eigenvalue weighted by Crippen LogP contribution is 2.19. The van der Waals surface area contributed by atoms with Gasteiger partial charge in [-0.25, -0.2) is 0 Å². The summed E-state index contributed by atoms with van der Waals surface area (Å²) in [6.07, 6.45) is 3.99. The molecule has 1 aromatic carbocycles. The van der Waals surface area contributed by atoms with Crippen molar-refractivity contribution in [1.82, 2.24) is 15.5 Å². The van der Waals surface area contributed by atoms with Crippen LogP contribution in [0.15, 0.2) is 29.3 Å². The van der Waals surface area contributed by atoms with Gasteiger partial charge in [0.25, 0.3) is 0 Å². The zero-order valence-electron chi connectivity index (χ0n) is 17.0. The Kier molecular flexibility index (Phi) is 8.39. The van der Waals surface area contributed by atoms with Gasteiger partial charge in [-0.1, -0.05) is 30.7 Å². The normalized spacial score (nSPS) is 16.5. The van der Waals surface area contributed by atoms with Gasteiger partial charge in [-0.15, -0.1) is 0 Å². The number of ether oxygens (including phenoxy) is 1. The second-order valence-corrected chi connectivity index (χ2v) is 7.55. The standard InChI is InChI=1S/C21H36N4O/c1-5-26-16-19-12-8-7-11-18(19)15-23-20(22-4)24-17-21(2,3)25-13-9-6-10-14-25/h7-8,11-12H,5-6,9-10,13-17H2,1-4H3,(H2,22,23,24). The molecule has 1 aliphatic rings. The Morgan fingerprint density at radius 1 is 1.12 bits per heavy atom. The van der Waals surface area contributed by atoms with Crippen LogP contribution < -0.4 is 10.6 Å². The molecule has 1 aromatic rings. The van der Waals surface area contributed by atoms with E-state index in [-0.39, 0.29) is 5.54 Å². The number of guanidine groups is 1. The molecule has 1 aliphatic heterocycles. The average Bonchev–Trinajstić information content (AvgIpc) is 2.68. The fourth-order valence-corrected chi connectivity index (χ4v) is 3.39. The molecule has 1 fully saturated rings. The third kappa shape index (κ3) is 6.29. The second kappa shape index (κ2) is 10.5. The van der Waals surface area contributed by atoms with Gasteiger partial charge in [-0.3, -0.25) is 9.89 Å². The van der Waals surface area contributed by atoms with Crippen LogP contribution in [-0.4, -0.2) is 49.7 Å². The SMILES string of the molecule is CCOCc1ccccc1CNC(=NC)NCC(C)(C)N1CCCCC1. The van der Waals surface area contributed by atoms with E-state index in [1.54, 1.807) is 0 Å². The van der Waals surface area contributed by atoms with Gasteiger partial charge in [0.05, 0.1) is 6.61 Å². The van der Waals surface area contributed by atoms with Gasteiger partial charge in [0.1, 0.15) is 0 Å². The number of aliphatic imine (C=N–C) groups is 1. The summed E-state index contributed by atoms with van der Waals surface area (Å²) >= 11 is 0. The monoisotopic (exact) mass is 360 g/mol. The minimum Gasteiger partial charge on any atom is -0.377 e. The molecule has 5 nitrogen and oxygen atoms in total. The molecule has 0 radical (unpaired) electrons. The third-order valence-electron chi connectivity index (χ3n) is 5.15. The first-order chi connectivity index (χ1) is 12.6. The van der Waals surface area contributed by atoms with E-state index in [0.29, 0.717) is 6.61 Å². The highest BCUT2D eigenvalue weighted by Gasteiger charge is 2.27. The molecule has 0 atom stereocenters. The summed E-state index contributed by atoms with van der Waals surface area (Å²) in [5.41, 5.74) is 2.61. The lowest BCUT2D eigenvalue weighted by molar-refractivity contribution is 0.0982. The molecular formula is C21H36N4O. The van der Waals surface area contributed by atoms with Crippen molar-refractivity contribution in [3.63, 3.8) is 0 Å². The predicted octanol–water partition coefficient (Wildman–Crippen LogP) is 3.15. The maximum absolute atomic E-state index is 5.57. The lowest BCUT2D eigenvalue weighted by atomic mass is 9.98. The van der Waals surface area contributed by atoms with Gasteiger partial charge in [0.15, 0.2) is 5.96 Å². The summed E-state index contributed by atoms with van der Waals surface area (Å²) < 4.78 is 5.57. The average molecular weight is 361 g/mol. The quantitative estimate of drug-likeness (QED) is 0.552. The Labute approximate surface area is 159 Å². The summed E-state index contributed by atoms with van der Waals surface area (Å²) in [7, 11) is 1.83. The van der Waals surface area contributed by atoms with Gasteiger partial charge in [-0.2, -0.15) is 0 Å². The number of piperidine rings is 1. The first-order valence-electron chi connectivity index (χ1n) is 9.91. The van der Waals surface area contributed by atoms with Crippen molar-refractivity contribution in [2.75, 3.05) is 33.3 Å². The number of nitrogens with one attached hydrogen (secondary N) is 2. The lowest BCUT2D eigenvalue weighted by Gasteiger charge is -2.41. The molecule has 146 valence electrons. The number of likely N-dealkylation sites (tertiary alicyclic amines) is 1. The number of hydrogen-bond acceptors (Lipinski definition) is 3. The number of benzene rings is 1. The molecule has 0 spiro atoms. The molecule has 2 rings (SSSR count). The van der Waals surface area contributed by atoms with Crippen LogP contribution in [0.5, 0.6) is 0 Å². The van der Waals surface area contributed by atoms with Crippen molar-refractivity contribution in [3.05, 3.63) is 35.4 Å². The molecule has 0 bridgehead atoms. The van der Waals surface area contributed by atoms with E-state index in [1.807, 2.05) is 14.0 Å². The summed E-state index contributed by atoms with van der Waals surface area (Å²) in [6.45, 7) is 12.1. The van der Waals surface area contributed by atoms with E-state index in [4.69, 9.17) is 4.74 Å². The smallest absolute Gasteiger partial charge is 0.191 e. The zero-order valence-corrected chi connectivity index (χ0v) is 17.0. The second-order valence-electron chi connectivity index (χ2n) is 7.55. The predicted molar refractivity (Wildman–Crippen MR) is 109 cm³/mol.